The van der Waals surface area contributed by atoms with E-state index in [2.05, 4.69) is 313 Å². The number of rotatable bonds is 10. The molecule has 0 radical (unpaired) electrons. The molecule has 0 N–H and O–H groups in total. The Morgan fingerprint density at radius 1 is 0.264 bits per heavy atom. The highest BCUT2D eigenvalue weighted by molar-refractivity contribution is 7.27. The summed E-state index contributed by atoms with van der Waals surface area (Å²) in [6.45, 7) is 0. The lowest BCUT2D eigenvalue weighted by molar-refractivity contribution is 0.954. The summed E-state index contributed by atoms with van der Waals surface area (Å²) in [5.41, 5.74) is 16.0. The molecule has 0 bridgehead atoms. The van der Waals surface area contributed by atoms with Gasteiger partial charge in [0, 0.05) is 58.8 Å². The van der Waals surface area contributed by atoms with Crippen LogP contribution in [-0.4, -0.2) is 19.5 Å². The van der Waals surface area contributed by atoms with E-state index in [-0.39, 0.29) is 0 Å². The number of aromatic nitrogens is 4. The average molecular weight is 1180 g/mol. The molecule has 3 aromatic heterocycles. The van der Waals surface area contributed by atoms with E-state index in [1.165, 1.54) is 79.8 Å². The Hall–Kier alpha value is -11.8. The van der Waals surface area contributed by atoms with Crippen molar-refractivity contribution in [1.82, 2.24) is 19.5 Å². The minimum Gasteiger partial charge on any atom is -0.310 e. The highest BCUT2D eigenvalue weighted by Gasteiger charge is 2.24. The molecule has 0 atom stereocenters. The van der Waals surface area contributed by atoms with Crippen molar-refractivity contribution in [3.8, 4) is 73.2 Å². The van der Waals surface area contributed by atoms with Crippen molar-refractivity contribution in [2.24, 2.45) is 0 Å². The van der Waals surface area contributed by atoms with Crippen LogP contribution in [0.5, 0.6) is 0 Å². The molecule has 5 nitrogen and oxygen atoms in total. The van der Waals surface area contributed by atoms with Crippen molar-refractivity contribution < 1.29 is 0 Å². The third kappa shape index (κ3) is 8.95. The molecule has 0 spiro atoms. The smallest absolute Gasteiger partial charge is 0.238 e. The van der Waals surface area contributed by atoms with Crippen molar-refractivity contribution in [2.75, 3.05) is 4.90 Å². The molecule has 0 fully saturated rings. The van der Waals surface area contributed by atoms with Gasteiger partial charge in [0.2, 0.25) is 5.95 Å². The van der Waals surface area contributed by atoms with E-state index >= 15 is 0 Å². The summed E-state index contributed by atoms with van der Waals surface area (Å²) >= 11 is 1.87. The monoisotopic (exact) mass is 1180 g/mol. The quantitative estimate of drug-likeness (QED) is 0.128. The van der Waals surface area contributed by atoms with E-state index < -0.39 is 0 Å². The summed E-state index contributed by atoms with van der Waals surface area (Å²) in [5.74, 6) is 1.73. The first-order chi connectivity index (χ1) is 45.1. The van der Waals surface area contributed by atoms with Gasteiger partial charge in [0.1, 0.15) is 0 Å². The van der Waals surface area contributed by atoms with Crippen molar-refractivity contribution in [3.05, 3.63) is 322 Å². The number of nitrogens with zero attached hydrogens (tertiary/aromatic N) is 5. The molecule has 6 heteroatoms. The molecule has 0 aliphatic heterocycles. The zero-order valence-corrected chi connectivity index (χ0v) is 50.1. The highest BCUT2D eigenvalue weighted by Crippen LogP contribution is 2.48. The second-order valence-electron chi connectivity index (χ2n) is 23.5. The van der Waals surface area contributed by atoms with Crippen LogP contribution in [0, 0.1) is 0 Å². The van der Waals surface area contributed by atoms with Gasteiger partial charge in [-0.25, -0.2) is 4.98 Å². The van der Waals surface area contributed by atoms with Gasteiger partial charge in [0.15, 0.2) is 11.6 Å². The Morgan fingerprint density at radius 2 is 0.714 bits per heavy atom. The predicted molar refractivity (Wildman–Crippen MR) is 384 cm³/mol. The fourth-order valence-electron chi connectivity index (χ4n) is 13.9. The predicted octanol–water partition coefficient (Wildman–Crippen LogP) is 23.4. The minimum absolute atomic E-state index is 0.542. The summed E-state index contributed by atoms with van der Waals surface area (Å²) < 4.78 is 4.76. The first-order valence-electron chi connectivity index (χ1n) is 30.9. The standard InChI is InChI=1S/C85H53N5S/c1-4-21-54(22-5-1)58-29-16-31-60(47-58)61-32-18-35-65(49-61)89(77-42-20-28-56-25-10-11-37-67(56)77)66-36-19-33-62(50-66)63-43-44-73-79(51-63)90(85-87-83(57-26-8-3-9-27-57)86-84(88-85)64-34-17-30-59(48-64)55-23-6-2-7-24-55)78-46-45-72-76-52-74-70-40-14-12-38-68(70)69-39-13-15-41-71(69)75(74)53-80(76)91-82(72)81(73)78/h1-53H. The molecule has 0 aliphatic rings. The zero-order chi connectivity index (χ0) is 59.9. The third-order valence-electron chi connectivity index (χ3n) is 18.2. The molecule has 3 heterocycles. The lowest BCUT2D eigenvalue weighted by Crippen LogP contribution is -2.10. The second kappa shape index (κ2) is 21.5. The maximum Gasteiger partial charge on any atom is 0.238 e. The summed E-state index contributed by atoms with van der Waals surface area (Å²) in [5, 5.41) is 14.7. The number of thiophene rings is 1. The molecule has 0 unspecified atom stereocenters. The summed E-state index contributed by atoms with van der Waals surface area (Å²) in [7, 11) is 0. The van der Waals surface area contributed by atoms with Gasteiger partial charge in [-0.3, -0.25) is 4.57 Å². The highest BCUT2D eigenvalue weighted by atomic mass is 32.1. The van der Waals surface area contributed by atoms with Crippen LogP contribution in [0.15, 0.2) is 322 Å². The van der Waals surface area contributed by atoms with E-state index in [1.807, 2.05) is 29.5 Å². The zero-order valence-electron chi connectivity index (χ0n) is 49.2. The third-order valence-corrected chi connectivity index (χ3v) is 19.4. The van der Waals surface area contributed by atoms with Crippen LogP contribution >= 0.6 is 11.3 Å². The normalized spacial score (nSPS) is 11.7. The fourth-order valence-corrected chi connectivity index (χ4v) is 15.2. The van der Waals surface area contributed by atoms with Crippen LogP contribution in [0.4, 0.5) is 17.1 Å². The van der Waals surface area contributed by atoms with E-state index in [9.17, 15) is 0 Å². The lowest BCUT2D eigenvalue weighted by atomic mass is 9.93. The van der Waals surface area contributed by atoms with Crippen LogP contribution in [0.2, 0.25) is 0 Å². The first-order valence-corrected chi connectivity index (χ1v) is 31.7. The molecule has 0 saturated carbocycles. The van der Waals surface area contributed by atoms with Gasteiger partial charge in [-0.1, -0.05) is 255 Å². The Morgan fingerprint density at radius 3 is 1.35 bits per heavy atom. The van der Waals surface area contributed by atoms with Crippen molar-refractivity contribution in [1.29, 1.82) is 0 Å². The van der Waals surface area contributed by atoms with Crippen molar-refractivity contribution >= 4 is 113 Å². The van der Waals surface area contributed by atoms with E-state index in [0.717, 1.165) is 78.0 Å². The number of benzene rings is 15. The topological polar surface area (TPSA) is 46.8 Å². The van der Waals surface area contributed by atoms with Crippen LogP contribution in [0.25, 0.3) is 158 Å². The van der Waals surface area contributed by atoms with Crippen molar-refractivity contribution in [2.45, 2.75) is 0 Å². The molecule has 18 aromatic rings. The molecule has 18 rings (SSSR count). The largest absolute Gasteiger partial charge is 0.310 e. The Balaban J connectivity index is 0.860. The van der Waals surface area contributed by atoms with Crippen LogP contribution in [0.3, 0.4) is 0 Å². The van der Waals surface area contributed by atoms with Gasteiger partial charge in [-0.2, -0.15) is 9.97 Å². The number of hydrogen-bond acceptors (Lipinski definition) is 5. The molecular formula is C85H53N5S. The minimum atomic E-state index is 0.542. The molecule has 424 valence electrons. The average Bonchev–Trinajstić information content (AvgIpc) is 1.69. The van der Waals surface area contributed by atoms with Gasteiger partial charge >= 0.3 is 0 Å². The van der Waals surface area contributed by atoms with Crippen LogP contribution < -0.4 is 4.90 Å². The van der Waals surface area contributed by atoms with Crippen LogP contribution in [0.1, 0.15) is 0 Å². The summed E-state index contributed by atoms with van der Waals surface area (Å²) in [6.07, 6.45) is 0. The molecule has 0 saturated heterocycles. The van der Waals surface area contributed by atoms with Crippen molar-refractivity contribution in [3.63, 3.8) is 0 Å². The van der Waals surface area contributed by atoms with Gasteiger partial charge in [0.25, 0.3) is 0 Å². The molecule has 15 aromatic carbocycles. The number of anilines is 3. The van der Waals surface area contributed by atoms with E-state index in [0.29, 0.717) is 17.6 Å². The number of fused-ring (bicyclic) bond motifs is 14. The molecular weight excluding hydrogens is 1120 g/mol. The lowest BCUT2D eigenvalue weighted by Gasteiger charge is -2.28. The summed E-state index contributed by atoms with van der Waals surface area (Å²) in [4.78, 5) is 18.7. The Kier molecular flexibility index (Phi) is 12.4. The van der Waals surface area contributed by atoms with Gasteiger partial charge < -0.3 is 4.90 Å². The SMILES string of the molecule is c1ccc(-c2cccc(-c3cccc(N(c4cccc(-c5ccc6c7c8sc9cc%10c%11ccccc%11c%11ccccc%11c%10cc9c8ccc7n(-c7nc(-c8ccccc8)nc(-c8cccc(-c9ccccc9)c8)n7)c6c5)c4)c4cccc5ccccc45)c3)c2)cc1. The first kappa shape index (κ1) is 52.3. The molecule has 0 aliphatic carbocycles. The fraction of sp³-hybridized carbons (Fsp3) is 0. The number of hydrogen-bond donors (Lipinski definition) is 0. The molecule has 91 heavy (non-hydrogen) atoms. The maximum absolute atomic E-state index is 5.54. The van der Waals surface area contributed by atoms with Gasteiger partial charge in [0.05, 0.1) is 16.7 Å². The Bertz CT molecular complexity index is 5910. The summed E-state index contributed by atoms with van der Waals surface area (Å²) in [6, 6.07) is 116. The van der Waals surface area contributed by atoms with E-state index in [1.54, 1.807) is 0 Å². The van der Waals surface area contributed by atoms with Crippen LogP contribution in [-0.2, 0) is 0 Å². The molecule has 0 amide bonds. The maximum atomic E-state index is 5.54. The second-order valence-corrected chi connectivity index (χ2v) is 24.5. The van der Waals surface area contributed by atoms with Gasteiger partial charge in [-0.05, 0) is 149 Å². The van der Waals surface area contributed by atoms with E-state index in [4.69, 9.17) is 15.0 Å². The Labute approximate surface area is 529 Å². The van der Waals surface area contributed by atoms with Gasteiger partial charge in [-0.15, -0.1) is 11.3 Å².